The Labute approximate surface area is 184 Å². The molecule has 3 aromatic rings. The van der Waals surface area contributed by atoms with Gasteiger partial charge in [0.15, 0.2) is 0 Å². The molecule has 1 aliphatic carbocycles. The maximum Gasteiger partial charge on any atom is 0.268 e. The summed E-state index contributed by atoms with van der Waals surface area (Å²) in [4.78, 5) is 14.7. The Bertz CT molecular complexity index is 1330. The summed E-state index contributed by atoms with van der Waals surface area (Å²) in [6.45, 7) is 2.25. The van der Waals surface area contributed by atoms with Crippen molar-refractivity contribution >= 4 is 27.1 Å². The van der Waals surface area contributed by atoms with Crippen LogP contribution in [0.5, 0.6) is 0 Å². The van der Waals surface area contributed by atoms with Crippen LogP contribution in [-0.4, -0.2) is 35.2 Å². The number of carbonyl (C=O) groups excluding carboxylic acids is 1. The lowest BCUT2D eigenvalue weighted by molar-refractivity contribution is 0.0982. The van der Waals surface area contributed by atoms with Gasteiger partial charge in [-0.1, -0.05) is 0 Å². The molecule has 0 spiro atoms. The van der Waals surface area contributed by atoms with Crippen LogP contribution in [0.3, 0.4) is 0 Å². The number of aromatic nitrogens is 2. The second kappa shape index (κ2) is 7.26. The average Bonchev–Trinajstić information content (AvgIpc) is 3.16. The van der Waals surface area contributed by atoms with Crippen LogP contribution in [0.15, 0.2) is 42.7 Å². The summed E-state index contributed by atoms with van der Waals surface area (Å²) in [6.07, 6.45) is 5.48. The fraction of sp³-hybridized carbons (Fsp3) is 0.364. The van der Waals surface area contributed by atoms with E-state index in [2.05, 4.69) is 9.82 Å². The zero-order chi connectivity index (χ0) is 22.7. The highest BCUT2D eigenvalue weighted by molar-refractivity contribution is 7.91. The zero-order valence-electron chi connectivity index (χ0n) is 17.4. The lowest BCUT2D eigenvalue weighted by Gasteiger charge is -2.27. The predicted octanol–water partition coefficient (Wildman–Crippen LogP) is 3.57. The van der Waals surface area contributed by atoms with Crippen molar-refractivity contribution in [3.63, 3.8) is 0 Å². The van der Waals surface area contributed by atoms with Gasteiger partial charge in [-0.15, -0.1) is 0 Å². The summed E-state index contributed by atoms with van der Waals surface area (Å²) in [6, 6.07) is 6.62. The third-order valence-corrected chi connectivity index (χ3v) is 8.64. The summed E-state index contributed by atoms with van der Waals surface area (Å²) >= 11 is 0. The molecule has 3 heterocycles. The van der Waals surface area contributed by atoms with Gasteiger partial charge in [-0.2, -0.15) is 5.10 Å². The van der Waals surface area contributed by atoms with Crippen molar-refractivity contribution in [3.8, 4) is 0 Å². The van der Waals surface area contributed by atoms with Gasteiger partial charge in [-0.3, -0.25) is 4.79 Å². The van der Waals surface area contributed by atoms with E-state index in [-0.39, 0.29) is 17.2 Å². The summed E-state index contributed by atoms with van der Waals surface area (Å²) in [7, 11) is -3.78. The van der Waals surface area contributed by atoms with Crippen LogP contribution in [-0.2, 0) is 10.0 Å². The molecule has 0 bridgehead atoms. The van der Waals surface area contributed by atoms with Gasteiger partial charge in [0.2, 0.25) is 10.0 Å². The molecule has 2 aromatic heterocycles. The fourth-order valence-corrected chi connectivity index (χ4v) is 5.48. The Morgan fingerprint density at radius 3 is 2.75 bits per heavy atom. The number of halogens is 2. The molecular formula is C22H22F2N4O3S. The number of benzene rings is 1. The van der Waals surface area contributed by atoms with Gasteiger partial charge in [0.25, 0.3) is 5.91 Å². The Morgan fingerprint density at radius 1 is 1.22 bits per heavy atom. The predicted molar refractivity (Wildman–Crippen MR) is 115 cm³/mol. The topological polar surface area (TPSA) is 83.8 Å². The van der Waals surface area contributed by atoms with Crippen LogP contribution in [0, 0.1) is 11.6 Å². The lowest BCUT2D eigenvalue weighted by atomic mass is 10.0. The van der Waals surface area contributed by atoms with Crippen molar-refractivity contribution in [2.45, 2.75) is 43.4 Å². The number of nitrogens with one attached hydrogen (secondary N) is 1. The Balaban J connectivity index is 1.48. The molecule has 32 heavy (non-hydrogen) atoms. The minimum absolute atomic E-state index is 0.132. The van der Waals surface area contributed by atoms with E-state index in [0.717, 1.165) is 24.2 Å². The molecule has 5 rings (SSSR count). The number of fused-ring (bicyclic) bond motifs is 1. The molecule has 1 amide bonds. The highest BCUT2D eigenvalue weighted by Crippen LogP contribution is 2.42. The van der Waals surface area contributed by atoms with Gasteiger partial charge in [0, 0.05) is 24.0 Å². The van der Waals surface area contributed by atoms with Crippen molar-refractivity contribution in [3.05, 3.63) is 65.5 Å². The SMILES string of the molecule is CC1(S(=O)(=O)NC(=O)c2cnn3ccc(N4CCCC4c4cc(F)ccc4F)cc23)CC1. The molecule has 1 unspecified atom stereocenters. The first-order chi connectivity index (χ1) is 15.2. The molecule has 1 aromatic carbocycles. The van der Waals surface area contributed by atoms with Crippen molar-refractivity contribution in [1.82, 2.24) is 14.3 Å². The third kappa shape index (κ3) is 3.42. The number of rotatable bonds is 5. The quantitative estimate of drug-likeness (QED) is 0.630. The summed E-state index contributed by atoms with van der Waals surface area (Å²) in [5.74, 6) is -1.70. The molecule has 0 radical (unpaired) electrons. The van der Waals surface area contributed by atoms with E-state index in [4.69, 9.17) is 0 Å². The van der Waals surface area contributed by atoms with Crippen molar-refractivity contribution in [2.75, 3.05) is 11.4 Å². The van der Waals surface area contributed by atoms with E-state index >= 15 is 0 Å². The molecule has 1 atom stereocenters. The highest BCUT2D eigenvalue weighted by Gasteiger charge is 2.51. The maximum atomic E-state index is 14.4. The van der Waals surface area contributed by atoms with Crippen LogP contribution in [0.4, 0.5) is 14.5 Å². The Hall–Kier alpha value is -3.01. The molecule has 7 nitrogen and oxygen atoms in total. The molecule has 1 aliphatic heterocycles. The smallest absolute Gasteiger partial charge is 0.268 e. The molecule has 1 N–H and O–H groups in total. The first-order valence-corrected chi connectivity index (χ1v) is 11.9. The van der Waals surface area contributed by atoms with E-state index in [1.165, 1.54) is 16.8 Å². The lowest BCUT2D eigenvalue weighted by Crippen LogP contribution is -2.38. The Kier molecular flexibility index (Phi) is 4.74. The van der Waals surface area contributed by atoms with Gasteiger partial charge in [-0.25, -0.2) is 26.4 Å². The highest BCUT2D eigenvalue weighted by atomic mass is 32.2. The molecule has 10 heteroatoms. The molecule has 1 saturated heterocycles. The van der Waals surface area contributed by atoms with E-state index in [9.17, 15) is 22.0 Å². The van der Waals surface area contributed by atoms with Crippen molar-refractivity contribution in [1.29, 1.82) is 0 Å². The van der Waals surface area contributed by atoms with Crippen LogP contribution in [0.25, 0.3) is 5.52 Å². The number of pyridine rings is 1. The number of anilines is 1. The molecule has 2 fully saturated rings. The van der Waals surface area contributed by atoms with Crippen LogP contribution < -0.4 is 9.62 Å². The van der Waals surface area contributed by atoms with E-state index in [1.807, 2.05) is 4.90 Å². The normalized spacial score (nSPS) is 20.0. The monoisotopic (exact) mass is 460 g/mol. The number of hydrogen-bond donors (Lipinski definition) is 1. The number of amides is 1. The Morgan fingerprint density at radius 2 is 2.00 bits per heavy atom. The zero-order valence-corrected chi connectivity index (χ0v) is 18.2. The van der Waals surface area contributed by atoms with Gasteiger partial charge in [-0.05, 0) is 62.9 Å². The van der Waals surface area contributed by atoms with Crippen molar-refractivity contribution < 1.29 is 22.0 Å². The average molecular weight is 461 g/mol. The van der Waals surface area contributed by atoms with E-state index in [1.54, 1.807) is 25.3 Å². The van der Waals surface area contributed by atoms with E-state index in [0.29, 0.717) is 31.3 Å². The minimum atomic E-state index is -3.78. The number of carbonyl (C=O) groups is 1. The second-order valence-electron chi connectivity index (χ2n) is 8.67. The molecule has 2 aliphatic rings. The number of nitrogens with zero attached hydrogens (tertiary/aromatic N) is 3. The molecule has 1 saturated carbocycles. The van der Waals surface area contributed by atoms with Gasteiger partial charge >= 0.3 is 0 Å². The standard InChI is InChI=1S/C22H22F2N4O3S/c1-22(7-8-22)32(30,31)26-21(29)17-13-25-28-10-6-15(12-20(17)28)27-9-2-3-19(27)16-11-14(23)4-5-18(16)24/h4-6,10-13,19H,2-3,7-9H2,1H3,(H,26,29). The second-order valence-corrected chi connectivity index (χ2v) is 10.9. The van der Waals surface area contributed by atoms with Gasteiger partial charge < -0.3 is 4.90 Å². The van der Waals surface area contributed by atoms with E-state index < -0.39 is 32.3 Å². The van der Waals surface area contributed by atoms with Crippen LogP contribution >= 0.6 is 0 Å². The first kappa shape index (κ1) is 20.9. The van der Waals surface area contributed by atoms with Crippen LogP contribution in [0.1, 0.15) is 54.6 Å². The first-order valence-electron chi connectivity index (χ1n) is 10.4. The maximum absolute atomic E-state index is 14.4. The fourth-order valence-electron chi connectivity index (χ4n) is 4.24. The largest absolute Gasteiger partial charge is 0.364 e. The number of sulfonamides is 1. The minimum Gasteiger partial charge on any atom is -0.364 e. The van der Waals surface area contributed by atoms with Crippen molar-refractivity contribution in [2.24, 2.45) is 0 Å². The summed E-state index contributed by atoms with van der Waals surface area (Å²) in [5, 5.41) is 4.15. The van der Waals surface area contributed by atoms with Gasteiger partial charge in [0.1, 0.15) is 11.6 Å². The summed E-state index contributed by atoms with van der Waals surface area (Å²) in [5.41, 5.74) is 1.57. The third-order valence-electron chi connectivity index (χ3n) is 6.48. The van der Waals surface area contributed by atoms with Gasteiger partial charge in [0.05, 0.1) is 28.1 Å². The summed E-state index contributed by atoms with van der Waals surface area (Å²) < 4.78 is 55.9. The molecule has 168 valence electrons. The van der Waals surface area contributed by atoms with Crippen LogP contribution in [0.2, 0.25) is 0 Å². The number of hydrogen-bond acceptors (Lipinski definition) is 5. The molecular weight excluding hydrogens is 438 g/mol.